The molecular weight excluding hydrogens is 361 g/mol. The maximum absolute atomic E-state index is 12.1. The molecule has 1 atom stereocenters. The Balaban J connectivity index is 2.02. The van der Waals surface area contributed by atoms with E-state index < -0.39 is 18.0 Å². The summed E-state index contributed by atoms with van der Waals surface area (Å²) in [7, 11) is 0. The van der Waals surface area contributed by atoms with Crippen molar-refractivity contribution in [1.29, 1.82) is 0 Å². The van der Waals surface area contributed by atoms with Crippen molar-refractivity contribution in [3.05, 3.63) is 63.1 Å². The van der Waals surface area contributed by atoms with Gasteiger partial charge in [-0.1, -0.05) is 46.9 Å². The Hall–Kier alpha value is -1.75. The largest absolute Gasteiger partial charge is 0.449 e. The van der Waals surface area contributed by atoms with Crippen LogP contribution < -0.4 is 5.32 Å². The number of carbonyl (C=O) groups excluding carboxylic acids is 2. The van der Waals surface area contributed by atoms with Crippen molar-refractivity contribution in [2.45, 2.75) is 13.0 Å². The topological polar surface area (TPSA) is 55.4 Å². The molecule has 0 aliphatic rings. The molecule has 7 heteroatoms. The van der Waals surface area contributed by atoms with E-state index in [9.17, 15) is 9.59 Å². The van der Waals surface area contributed by atoms with E-state index in [4.69, 9.17) is 39.5 Å². The van der Waals surface area contributed by atoms with Crippen LogP contribution in [0.5, 0.6) is 0 Å². The van der Waals surface area contributed by atoms with Crippen LogP contribution in [0.4, 0.5) is 5.69 Å². The van der Waals surface area contributed by atoms with Gasteiger partial charge in [-0.25, -0.2) is 4.79 Å². The number of nitrogens with one attached hydrogen (secondary N) is 1. The number of ether oxygens (including phenoxy) is 1. The summed E-state index contributed by atoms with van der Waals surface area (Å²) < 4.78 is 5.11. The van der Waals surface area contributed by atoms with Gasteiger partial charge in [0.1, 0.15) is 0 Å². The Morgan fingerprint density at radius 2 is 1.65 bits per heavy atom. The molecule has 0 fully saturated rings. The molecule has 2 rings (SSSR count). The maximum Gasteiger partial charge on any atom is 0.340 e. The van der Waals surface area contributed by atoms with Crippen molar-refractivity contribution in [2.75, 3.05) is 5.32 Å². The van der Waals surface area contributed by atoms with E-state index in [-0.39, 0.29) is 10.6 Å². The summed E-state index contributed by atoms with van der Waals surface area (Å²) in [6.07, 6.45) is -1.02. The van der Waals surface area contributed by atoms with Crippen LogP contribution in [-0.2, 0) is 9.53 Å². The minimum absolute atomic E-state index is 0.194. The third kappa shape index (κ3) is 4.86. The minimum atomic E-state index is -1.02. The molecule has 4 nitrogen and oxygen atoms in total. The van der Waals surface area contributed by atoms with E-state index in [1.54, 1.807) is 24.3 Å². The van der Waals surface area contributed by atoms with Gasteiger partial charge < -0.3 is 10.1 Å². The van der Waals surface area contributed by atoms with E-state index in [0.717, 1.165) is 0 Å². The second kappa shape index (κ2) is 7.68. The third-order valence-electron chi connectivity index (χ3n) is 2.88. The van der Waals surface area contributed by atoms with Gasteiger partial charge in [-0.05, 0) is 37.3 Å². The third-order valence-corrected chi connectivity index (χ3v) is 3.64. The number of halogens is 3. The minimum Gasteiger partial charge on any atom is -0.449 e. The normalized spacial score (nSPS) is 11.7. The quantitative estimate of drug-likeness (QED) is 0.782. The fourth-order valence-electron chi connectivity index (χ4n) is 1.77. The Morgan fingerprint density at radius 1 is 1.04 bits per heavy atom. The molecule has 2 aromatic carbocycles. The van der Waals surface area contributed by atoms with Gasteiger partial charge >= 0.3 is 5.97 Å². The van der Waals surface area contributed by atoms with Gasteiger partial charge in [0.05, 0.1) is 10.6 Å². The van der Waals surface area contributed by atoms with E-state index in [0.29, 0.717) is 15.7 Å². The van der Waals surface area contributed by atoms with Gasteiger partial charge in [-0.15, -0.1) is 0 Å². The number of hydrogen-bond donors (Lipinski definition) is 1. The number of hydrogen-bond acceptors (Lipinski definition) is 3. The number of benzene rings is 2. The van der Waals surface area contributed by atoms with Crippen LogP contribution in [0.1, 0.15) is 17.3 Å². The average molecular weight is 373 g/mol. The zero-order valence-corrected chi connectivity index (χ0v) is 14.2. The number of anilines is 1. The first-order valence-electron chi connectivity index (χ1n) is 6.59. The molecular formula is C16H12Cl3NO3. The Kier molecular flexibility index (Phi) is 5.88. The van der Waals surface area contributed by atoms with Crippen LogP contribution in [-0.4, -0.2) is 18.0 Å². The molecule has 2 aromatic rings. The summed E-state index contributed by atoms with van der Waals surface area (Å²) in [5, 5.41) is 3.60. The van der Waals surface area contributed by atoms with Gasteiger partial charge in [0.25, 0.3) is 5.91 Å². The molecule has 0 saturated carbocycles. The Morgan fingerprint density at radius 3 is 2.26 bits per heavy atom. The second-order valence-corrected chi connectivity index (χ2v) is 5.95. The molecule has 23 heavy (non-hydrogen) atoms. The van der Waals surface area contributed by atoms with Gasteiger partial charge in [0.15, 0.2) is 6.10 Å². The number of amides is 1. The monoisotopic (exact) mass is 371 g/mol. The van der Waals surface area contributed by atoms with Crippen molar-refractivity contribution in [1.82, 2.24) is 0 Å². The highest BCUT2D eigenvalue weighted by Gasteiger charge is 2.20. The zero-order chi connectivity index (χ0) is 17.0. The number of carbonyl (C=O) groups is 2. The van der Waals surface area contributed by atoms with Gasteiger partial charge in [-0.2, -0.15) is 0 Å². The number of esters is 1. The average Bonchev–Trinajstić information content (AvgIpc) is 2.46. The molecule has 120 valence electrons. The fraction of sp³-hybridized carbons (Fsp3) is 0.125. The highest BCUT2D eigenvalue weighted by Crippen LogP contribution is 2.23. The molecule has 0 aliphatic carbocycles. The molecule has 0 aromatic heterocycles. The van der Waals surface area contributed by atoms with Gasteiger partial charge in [-0.3, -0.25) is 4.79 Å². The smallest absolute Gasteiger partial charge is 0.340 e. The van der Waals surface area contributed by atoms with Crippen LogP contribution >= 0.6 is 34.8 Å². The lowest BCUT2D eigenvalue weighted by Crippen LogP contribution is -2.30. The summed E-state index contributed by atoms with van der Waals surface area (Å²) in [5.74, 6) is -1.19. The summed E-state index contributed by atoms with van der Waals surface area (Å²) in [6.45, 7) is 1.45. The second-order valence-electron chi connectivity index (χ2n) is 4.67. The van der Waals surface area contributed by atoms with Crippen molar-refractivity contribution in [2.24, 2.45) is 0 Å². The summed E-state index contributed by atoms with van der Waals surface area (Å²) in [4.78, 5) is 24.1. The molecule has 0 heterocycles. The molecule has 1 amide bonds. The van der Waals surface area contributed by atoms with Gasteiger partial charge in [0, 0.05) is 15.7 Å². The Bertz CT molecular complexity index is 729. The van der Waals surface area contributed by atoms with Crippen molar-refractivity contribution < 1.29 is 14.3 Å². The highest BCUT2D eigenvalue weighted by atomic mass is 35.5. The summed E-state index contributed by atoms with van der Waals surface area (Å²) in [6, 6.07) is 11.0. The SMILES string of the molecule is C[C@@H](OC(=O)c1ccccc1Cl)C(=O)Nc1cc(Cl)cc(Cl)c1. The van der Waals surface area contributed by atoms with Crippen LogP contribution in [0.3, 0.4) is 0 Å². The van der Waals surface area contributed by atoms with Crippen LogP contribution in [0.2, 0.25) is 15.1 Å². The van der Waals surface area contributed by atoms with Crippen molar-refractivity contribution >= 4 is 52.4 Å². The van der Waals surface area contributed by atoms with Crippen molar-refractivity contribution in [3.8, 4) is 0 Å². The standard InChI is InChI=1S/C16H12Cl3NO3/c1-9(23-16(22)13-4-2-3-5-14(13)19)15(21)20-12-7-10(17)6-11(18)8-12/h2-9H,1H3,(H,20,21)/t9-/m1/s1. The highest BCUT2D eigenvalue weighted by molar-refractivity contribution is 6.35. The lowest BCUT2D eigenvalue weighted by molar-refractivity contribution is -0.123. The molecule has 0 radical (unpaired) electrons. The van der Waals surface area contributed by atoms with E-state index in [2.05, 4.69) is 5.32 Å². The molecule has 1 N–H and O–H groups in total. The maximum atomic E-state index is 12.1. The first-order valence-corrected chi connectivity index (χ1v) is 7.72. The lowest BCUT2D eigenvalue weighted by Gasteiger charge is -2.14. The summed E-state index contributed by atoms with van der Waals surface area (Å²) in [5.41, 5.74) is 0.604. The first-order chi connectivity index (χ1) is 10.9. The van der Waals surface area contributed by atoms with E-state index >= 15 is 0 Å². The van der Waals surface area contributed by atoms with Gasteiger partial charge in [0.2, 0.25) is 0 Å². The number of rotatable bonds is 4. The first kappa shape index (κ1) is 17.6. The summed E-state index contributed by atoms with van der Waals surface area (Å²) >= 11 is 17.6. The van der Waals surface area contributed by atoms with Crippen LogP contribution in [0.15, 0.2) is 42.5 Å². The van der Waals surface area contributed by atoms with E-state index in [1.165, 1.54) is 25.1 Å². The lowest BCUT2D eigenvalue weighted by atomic mass is 10.2. The van der Waals surface area contributed by atoms with Crippen LogP contribution in [0.25, 0.3) is 0 Å². The molecule has 0 saturated heterocycles. The fourth-order valence-corrected chi connectivity index (χ4v) is 2.51. The molecule has 0 unspecified atom stereocenters. The van der Waals surface area contributed by atoms with Crippen LogP contribution in [0, 0.1) is 0 Å². The molecule has 0 aliphatic heterocycles. The van der Waals surface area contributed by atoms with E-state index in [1.807, 2.05) is 0 Å². The zero-order valence-electron chi connectivity index (χ0n) is 12.0. The predicted octanol–water partition coefficient (Wildman–Crippen LogP) is 4.83. The Labute approximate surface area is 148 Å². The molecule has 0 bridgehead atoms. The molecule has 0 spiro atoms. The van der Waals surface area contributed by atoms with Crippen molar-refractivity contribution in [3.63, 3.8) is 0 Å². The predicted molar refractivity (Wildman–Crippen MR) is 91.4 cm³/mol.